The minimum absolute atomic E-state index is 0.0146. The molecule has 782 valence electrons. The molecule has 0 amide bonds. The molecule has 1 aliphatic heterocycles. The second kappa shape index (κ2) is 41.4. The molecule has 25 rings (SSSR count). The number of esters is 5. The van der Waals surface area contributed by atoms with Gasteiger partial charge in [0.2, 0.25) is 0 Å². The smallest absolute Gasteiger partial charge is 0.432 e. The molecule has 19 nitrogen and oxygen atoms in total. The lowest BCUT2D eigenvalue weighted by atomic mass is 9.49. The van der Waals surface area contributed by atoms with Gasteiger partial charge in [-0.3, -0.25) is 24.0 Å². The summed E-state index contributed by atoms with van der Waals surface area (Å²) in [5.41, 5.74) is -0.722. The molecule has 147 heavy (non-hydrogen) atoms. The van der Waals surface area contributed by atoms with Crippen molar-refractivity contribution in [2.75, 3.05) is 0 Å². The second-order valence-electron chi connectivity index (χ2n) is 40.4. The molecule has 2 heterocycles. The van der Waals surface area contributed by atoms with Gasteiger partial charge in [0, 0.05) is 33.1 Å². The molecule has 14 fully saturated rings. The van der Waals surface area contributed by atoms with E-state index in [1.807, 2.05) is 6.08 Å². The average Bonchev–Trinajstić information content (AvgIpc) is 1.58. The van der Waals surface area contributed by atoms with Gasteiger partial charge in [-0.2, -0.15) is 65.9 Å². The van der Waals surface area contributed by atoms with Crippen LogP contribution in [0.2, 0.25) is 0 Å². The Morgan fingerprint density at radius 1 is 0.361 bits per heavy atom. The molecule has 0 spiro atoms. The number of rotatable bonds is 21. The molecule has 13 saturated carbocycles. The van der Waals surface area contributed by atoms with Gasteiger partial charge in [-0.25, -0.2) is 25.3 Å². The first-order valence-electron chi connectivity index (χ1n) is 48.2. The highest BCUT2D eigenvalue weighted by Crippen LogP contribution is 2.69. The van der Waals surface area contributed by atoms with Crippen molar-refractivity contribution < 1.29 is 152 Å². The Morgan fingerprint density at radius 3 is 1.05 bits per heavy atom. The summed E-state index contributed by atoms with van der Waals surface area (Å²) >= 11 is 0. The summed E-state index contributed by atoms with van der Waals surface area (Å²) in [5, 5.41) is -14.8. The number of carbonyl (C=O) groups excluding carboxylic acids is 5. The Bertz CT molecular complexity index is 6420. The van der Waals surface area contributed by atoms with E-state index in [4.69, 9.17) is 9.47 Å². The van der Waals surface area contributed by atoms with E-state index in [-0.39, 0.29) is 80.6 Å². The van der Waals surface area contributed by atoms with Crippen LogP contribution in [0.4, 0.5) is 65.9 Å². The summed E-state index contributed by atoms with van der Waals surface area (Å²) in [7, 11) is -20.2. The van der Waals surface area contributed by atoms with Crippen molar-refractivity contribution in [1.29, 1.82) is 0 Å². The topological polar surface area (TPSA) is 303 Å². The number of ether oxygens (including phenoxy) is 5. The minimum atomic E-state index is -6.88. The molecule has 9 aromatic carbocycles. The Labute approximate surface area is 845 Å². The number of hydrogen-bond donors (Lipinski definition) is 0. The first kappa shape index (κ1) is 107. The SMILES string of the molecule is O=C(OC(C(F)(F)F)C(F)(F)S(=O)(=O)[O-])C1C2CC3CC(C2)CC1C3.O=C(OC(C(F)(F)F)C(F)(F)S(=O)(=O)[O-])C1CC2CC1C1C3C=CC(C3)C21.O=C1OC2C3CC(C2OC(=O)C24CC5CC(CC(C5)C2)C4)C(C(=O)OC(C(F)(F)F)C(F)(F)S(=O)(=O)[O-])C13.c1ccc(-[s+]2c3ccccc3c3ccccc32)cc1.c1ccc([S+](c2ccccc2)c2ccccc2)cc1.c1ccc([S+](c2ccccc2)c2ccccc2)cc1. The summed E-state index contributed by atoms with van der Waals surface area (Å²) < 4.78 is 321. The lowest BCUT2D eigenvalue weighted by Crippen LogP contribution is -2.55. The maximum atomic E-state index is 13.9. The van der Waals surface area contributed by atoms with E-state index in [9.17, 15) is 129 Å². The molecule has 16 unspecified atom stereocenters. The van der Waals surface area contributed by atoms with Gasteiger partial charge in [0.05, 0.1) is 50.9 Å². The summed E-state index contributed by atoms with van der Waals surface area (Å²) in [5.74, 6) is -10.8. The van der Waals surface area contributed by atoms with E-state index in [2.05, 4.69) is 281 Å². The third-order valence-corrected chi connectivity index (χ3v) is 40.9. The van der Waals surface area contributed by atoms with Crippen LogP contribution in [0.15, 0.2) is 302 Å². The Balaban J connectivity index is 0.000000118. The van der Waals surface area contributed by atoms with E-state index in [0.717, 1.165) is 32.1 Å². The quantitative estimate of drug-likeness (QED) is 0.0123. The predicted octanol–water partition coefficient (Wildman–Crippen LogP) is 23.2. The van der Waals surface area contributed by atoms with Gasteiger partial charge in [-0.1, -0.05) is 164 Å². The molecular formula is C107H99F15O19S6. The summed E-state index contributed by atoms with van der Waals surface area (Å²) in [6, 6.07) is 92.7. The van der Waals surface area contributed by atoms with Crippen LogP contribution in [0.1, 0.15) is 96.3 Å². The van der Waals surface area contributed by atoms with Crippen molar-refractivity contribution in [2.24, 2.45) is 118 Å². The maximum absolute atomic E-state index is 13.9. The van der Waals surface area contributed by atoms with E-state index in [0.29, 0.717) is 92.8 Å². The average molecular weight is 2170 g/mol. The van der Waals surface area contributed by atoms with Crippen molar-refractivity contribution >= 4 is 113 Å². The fraction of sp³-hybridized carbons (Fsp3) is 0.430. The highest BCUT2D eigenvalue weighted by atomic mass is 32.2. The molecular weight excluding hydrogens is 2070 g/mol. The van der Waals surface area contributed by atoms with Crippen molar-refractivity contribution in [1.82, 2.24) is 0 Å². The van der Waals surface area contributed by atoms with Crippen LogP contribution in [0.25, 0.3) is 25.1 Å². The Morgan fingerprint density at radius 2 is 0.687 bits per heavy atom. The number of allylic oxidation sites excluding steroid dienone is 2. The molecule has 1 saturated heterocycles. The molecule has 16 atom stereocenters. The first-order chi connectivity index (χ1) is 69.5. The van der Waals surface area contributed by atoms with Gasteiger partial charge in [0.1, 0.15) is 12.2 Å². The number of halogens is 15. The zero-order valence-electron chi connectivity index (χ0n) is 77.8. The van der Waals surface area contributed by atoms with Gasteiger partial charge in [-0.15, -0.1) is 0 Å². The zero-order chi connectivity index (χ0) is 105. The van der Waals surface area contributed by atoms with Crippen molar-refractivity contribution in [3.05, 3.63) is 273 Å². The molecule has 40 heteroatoms. The normalized spacial score (nSPS) is 29.2. The number of benzene rings is 9. The van der Waals surface area contributed by atoms with Crippen LogP contribution in [-0.2, 0) is 99.8 Å². The molecule has 14 bridgehead atoms. The highest BCUT2D eigenvalue weighted by molar-refractivity contribution is 7.97. The standard InChI is InChI=1S/C23H25F5O9S.C18H13S.2C18H15S.C16H17F5O5S.C14H17F5O5S/c24-22(25,26)19(23(27,28)38(32,33)34)37-18(30)14-12-4-11-13(14)17(29)35-15(11)16(12)36-20(31)21-5-8-1-9(6-21)3-10(2-8)7-21;1-2-8-14(9-3-1)19-17-12-6-4-10-15(17)16-11-5-7-13-18(16)19;2*1-4-10-16(11-5-1)19(17-12-6-2-7-13-17)18-14-8-3-9-15-18;17-15(18,19)14(16(20,21)27(23,24)25)26-13(22)10-5-8-4-9(10)12-7-2-1-6(3-7)11(8)12;15-13(16,17)12(14(18,19)25(21,22)23)24-11(20)10-8-2-6-1-7(4-8)5-9(10)3-6/h8-16,19H,1-7H2,(H,32,33,34);1-13H;2*1-15H;1-2,6-12,14H,3-5H2,(H,23,24,25);6-10,12H,1-5H2,(H,21,22,23)/q;3*+1;;/p-3. The lowest BCUT2D eigenvalue weighted by Gasteiger charge is -2.55. The van der Waals surface area contributed by atoms with E-state index < -0.39 is 166 Å². The largest absolute Gasteiger partial charge is 0.743 e. The predicted molar refractivity (Wildman–Crippen MR) is 507 cm³/mol. The molecule has 15 aliphatic rings. The number of carbonyl (C=O) groups is 5. The van der Waals surface area contributed by atoms with Crippen molar-refractivity contribution in [3.8, 4) is 4.90 Å². The van der Waals surface area contributed by atoms with Crippen molar-refractivity contribution in [3.63, 3.8) is 0 Å². The molecule has 0 N–H and O–H groups in total. The van der Waals surface area contributed by atoms with E-state index in [1.54, 1.807) is 0 Å². The summed E-state index contributed by atoms with van der Waals surface area (Å²) in [6.45, 7) is 0. The summed E-state index contributed by atoms with van der Waals surface area (Å²) in [4.78, 5) is 72.9. The van der Waals surface area contributed by atoms with Gasteiger partial charge in [0.25, 0.3) is 18.3 Å². The van der Waals surface area contributed by atoms with Gasteiger partial charge >= 0.3 is 64.1 Å². The number of thiophene rings is 1. The monoisotopic (exact) mass is 2160 g/mol. The van der Waals surface area contributed by atoms with E-state index >= 15 is 0 Å². The number of fused-ring (bicyclic) bond motifs is 13. The second-order valence-corrected chi connectivity index (χ2v) is 50.7. The van der Waals surface area contributed by atoms with Crippen LogP contribution in [0.3, 0.4) is 0 Å². The molecule has 14 aliphatic carbocycles. The fourth-order valence-corrected chi connectivity index (χ4v) is 34.4. The van der Waals surface area contributed by atoms with Crippen molar-refractivity contribution in [2.45, 2.75) is 190 Å². The Hall–Kier alpha value is -10.3. The third-order valence-electron chi connectivity index (χ3n) is 31.5. The summed E-state index contributed by atoms with van der Waals surface area (Å²) in [6.07, 6.45) is -18.7. The number of hydrogen-bond acceptors (Lipinski definition) is 19. The van der Waals surface area contributed by atoms with Crippen LogP contribution in [0.5, 0.6) is 0 Å². The highest BCUT2D eigenvalue weighted by Gasteiger charge is 2.74. The fourth-order valence-electron chi connectivity index (χ4n) is 26.5. The van der Waals surface area contributed by atoms with Gasteiger partial charge < -0.3 is 37.3 Å². The van der Waals surface area contributed by atoms with Crippen LogP contribution in [-0.4, -0.2) is 134 Å². The molecule has 10 aromatic rings. The maximum Gasteiger partial charge on any atom is 0.432 e. The van der Waals surface area contributed by atoms with Gasteiger partial charge in [-0.05, 0) is 282 Å². The minimum Gasteiger partial charge on any atom is -0.743 e. The van der Waals surface area contributed by atoms with Crippen LogP contribution < -0.4 is 0 Å². The van der Waals surface area contributed by atoms with Gasteiger partial charge in [0.15, 0.2) is 74.0 Å². The van der Waals surface area contributed by atoms with Crippen LogP contribution >= 0.6 is 10.5 Å². The Kier molecular flexibility index (Phi) is 30.0. The molecule has 1 aromatic heterocycles. The zero-order valence-corrected chi connectivity index (χ0v) is 82.7. The number of alkyl halides is 15. The molecule has 0 radical (unpaired) electrons. The lowest BCUT2D eigenvalue weighted by molar-refractivity contribution is -0.263. The third kappa shape index (κ3) is 21.4. The van der Waals surface area contributed by atoms with E-state index in [1.165, 1.54) is 54.4 Å². The van der Waals surface area contributed by atoms with Crippen LogP contribution in [0, 0.1) is 118 Å². The first-order valence-corrected chi connectivity index (χ1v) is 56.1.